The average Bonchev–Trinajstić information content (AvgIpc) is 3.47. The van der Waals surface area contributed by atoms with Crippen molar-refractivity contribution in [3.8, 4) is 16.5 Å². The molecule has 31 heavy (non-hydrogen) atoms. The van der Waals surface area contributed by atoms with Gasteiger partial charge >= 0.3 is 0 Å². The molecule has 0 saturated heterocycles. The van der Waals surface area contributed by atoms with Crippen LogP contribution in [0.1, 0.15) is 16.1 Å². The molecule has 0 bridgehead atoms. The molecule has 158 valence electrons. The van der Waals surface area contributed by atoms with Crippen molar-refractivity contribution >= 4 is 65.8 Å². The monoisotopic (exact) mass is 472 g/mol. The molecule has 3 N–H and O–H groups in total. The van der Waals surface area contributed by atoms with Gasteiger partial charge in [-0.3, -0.25) is 4.98 Å². The number of anilines is 1. The fourth-order valence-electron chi connectivity index (χ4n) is 3.05. The molecule has 0 saturated carbocycles. The number of hydrogen-bond acceptors (Lipinski definition) is 7. The number of nitrogens with one attached hydrogen (secondary N) is 2. The molecule has 7 nitrogen and oxygen atoms in total. The van der Waals surface area contributed by atoms with Crippen molar-refractivity contribution in [3.63, 3.8) is 0 Å². The number of hydrogen-bond donors (Lipinski definition) is 3. The Kier molecular flexibility index (Phi) is 7.06. The van der Waals surface area contributed by atoms with Crippen molar-refractivity contribution in [2.75, 3.05) is 5.32 Å². The van der Waals surface area contributed by atoms with E-state index in [9.17, 15) is 5.11 Å². The van der Waals surface area contributed by atoms with Crippen LogP contribution in [0.3, 0.4) is 0 Å². The number of nitrogens with zero attached hydrogens (tertiary/aromatic N) is 4. The summed E-state index contributed by atoms with van der Waals surface area (Å²) in [5.41, 5.74) is 3.28. The van der Waals surface area contributed by atoms with Crippen molar-refractivity contribution in [3.05, 3.63) is 71.0 Å². The molecule has 0 unspecified atom stereocenters. The summed E-state index contributed by atoms with van der Waals surface area (Å²) in [4.78, 5) is 22.4. The number of fused-ring (bicyclic) bond motifs is 1. The topological polar surface area (TPSA) is 99.1 Å². The third kappa shape index (κ3) is 4.77. The molecule has 4 aromatic heterocycles. The van der Waals surface area contributed by atoms with Crippen LogP contribution in [-0.4, -0.2) is 31.3 Å². The van der Waals surface area contributed by atoms with Gasteiger partial charge in [0, 0.05) is 34.6 Å². The van der Waals surface area contributed by atoms with E-state index in [2.05, 4.69) is 42.4 Å². The lowest BCUT2D eigenvalue weighted by atomic mass is 10.1. The lowest BCUT2D eigenvalue weighted by molar-refractivity contribution is 0.455. The summed E-state index contributed by atoms with van der Waals surface area (Å²) in [6.07, 6.45) is 7.04. The molecule has 10 heteroatoms. The molecule has 5 heterocycles. The van der Waals surface area contributed by atoms with E-state index < -0.39 is 0 Å². The van der Waals surface area contributed by atoms with E-state index in [4.69, 9.17) is 0 Å². The van der Waals surface area contributed by atoms with Crippen LogP contribution in [0.25, 0.3) is 22.2 Å². The van der Waals surface area contributed by atoms with Crippen LogP contribution in [0.2, 0.25) is 0 Å². The van der Waals surface area contributed by atoms with Gasteiger partial charge in [0.25, 0.3) is 0 Å². The molecule has 5 rings (SSSR count). The Morgan fingerprint density at radius 3 is 2.74 bits per heavy atom. The number of H-pyrrole nitrogens is 1. The van der Waals surface area contributed by atoms with Gasteiger partial charge in [0.05, 0.1) is 17.1 Å². The van der Waals surface area contributed by atoms with Crippen LogP contribution < -0.4 is 5.32 Å². The first-order chi connectivity index (χ1) is 14.3. The SMILES string of the molecule is Cl.Cl.Oc1nc(NCc2ccc(-c3ccccn3)s2)[nH]c1C=C1C=Nc2ncccc21. The molecule has 1 aliphatic heterocycles. The minimum absolute atomic E-state index is 0. The largest absolute Gasteiger partial charge is 0.492 e. The number of aromatic nitrogens is 4. The molecule has 0 spiro atoms. The molecule has 0 fully saturated rings. The second-order valence-corrected chi connectivity index (χ2v) is 7.56. The maximum atomic E-state index is 10.2. The van der Waals surface area contributed by atoms with Crippen LogP contribution >= 0.6 is 36.2 Å². The van der Waals surface area contributed by atoms with Gasteiger partial charge in [-0.1, -0.05) is 6.07 Å². The van der Waals surface area contributed by atoms with Crippen LogP contribution in [0, 0.1) is 0 Å². The zero-order valence-corrected chi connectivity index (χ0v) is 18.5. The summed E-state index contributed by atoms with van der Waals surface area (Å²) < 4.78 is 0. The van der Waals surface area contributed by atoms with Crippen LogP contribution in [0.15, 0.2) is 59.9 Å². The Bertz CT molecular complexity index is 1240. The van der Waals surface area contributed by atoms with Gasteiger partial charge in [0.1, 0.15) is 5.69 Å². The van der Waals surface area contributed by atoms with E-state index >= 15 is 0 Å². The normalized spacial score (nSPS) is 12.8. The predicted molar refractivity (Wildman–Crippen MR) is 130 cm³/mol. The summed E-state index contributed by atoms with van der Waals surface area (Å²) in [6.45, 7) is 0.592. The number of allylic oxidation sites excluding steroid dienone is 1. The van der Waals surface area contributed by atoms with Crippen molar-refractivity contribution in [1.29, 1.82) is 0 Å². The number of pyridine rings is 2. The predicted octanol–water partition coefficient (Wildman–Crippen LogP) is 5.35. The first kappa shape index (κ1) is 22.5. The van der Waals surface area contributed by atoms with Crippen LogP contribution in [-0.2, 0) is 6.54 Å². The number of aromatic hydroxyl groups is 1. The summed E-state index contributed by atoms with van der Waals surface area (Å²) in [7, 11) is 0. The highest BCUT2D eigenvalue weighted by Crippen LogP contribution is 2.32. The number of aliphatic imine (C=N–C) groups is 1. The Morgan fingerprint density at radius 2 is 1.90 bits per heavy atom. The molecule has 0 aliphatic carbocycles. The average molecular weight is 473 g/mol. The van der Waals surface area contributed by atoms with Gasteiger partial charge in [-0.25, -0.2) is 9.98 Å². The van der Waals surface area contributed by atoms with E-state index in [1.807, 2.05) is 36.4 Å². The smallest absolute Gasteiger partial charge is 0.238 e. The first-order valence-electron chi connectivity index (χ1n) is 9.00. The second-order valence-electron chi connectivity index (χ2n) is 6.39. The standard InChI is InChI=1S/C21H16N6OS.2ClH/c28-20-17(10-13-11-24-19-15(13)4-3-9-23-19)26-21(27-20)25-12-14-6-7-18(29-14)16-5-1-2-8-22-16;;/h1-11,28H,12H2,(H2,25,26,27);2*1H. The lowest BCUT2D eigenvalue weighted by Gasteiger charge is -2.00. The van der Waals surface area contributed by atoms with Gasteiger partial charge in [-0.15, -0.1) is 36.2 Å². The van der Waals surface area contributed by atoms with E-state index in [0.717, 1.165) is 26.6 Å². The Morgan fingerprint density at radius 1 is 1.03 bits per heavy atom. The van der Waals surface area contributed by atoms with Crippen molar-refractivity contribution in [1.82, 2.24) is 19.9 Å². The second kappa shape index (κ2) is 9.74. The molecular formula is C21H18Cl2N6OS. The third-order valence-corrected chi connectivity index (χ3v) is 5.55. The highest BCUT2D eigenvalue weighted by Gasteiger charge is 2.15. The molecule has 0 atom stereocenters. The highest BCUT2D eigenvalue weighted by atomic mass is 35.5. The molecule has 0 amide bonds. The molecule has 0 radical (unpaired) electrons. The van der Waals surface area contributed by atoms with Gasteiger partial charge in [-0.05, 0) is 42.5 Å². The highest BCUT2D eigenvalue weighted by molar-refractivity contribution is 7.15. The summed E-state index contributed by atoms with van der Waals surface area (Å²) >= 11 is 1.67. The third-order valence-electron chi connectivity index (χ3n) is 4.44. The number of imidazole rings is 1. The lowest BCUT2D eigenvalue weighted by Crippen LogP contribution is -1.98. The van der Waals surface area contributed by atoms with Crippen LogP contribution in [0.5, 0.6) is 5.88 Å². The zero-order valence-electron chi connectivity index (χ0n) is 16.0. The fraction of sp³-hybridized carbons (Fsp3) is 0.0476. The van der Waals surface area contributed by atoms with Crippen molar-refractivity contribution in [2.24, 2.45) is 4.99 Å². The van der Waals surface area contributed by atoms with E-state index in [-0.39, 0.29) is 30.7 Å². The summed E-state index contributed by atoms with van der Waals surface area (Å²) in [5, 5.41) is 13.4. The van der Waals surface area contributed by atoms with Crippen molar-refractivity contribution in [2.45, 2.75) is 6.54 Å². The van der Waals surface area contributed by atoms with E-state index in [0.29, 0.717) is 24.0 Å². The van der Waals surface area contributed by atoms with Gasteiger partial charge in [-0.2, -0.15) is 4.98 Å². The molecule has 1 aliphatic rings. The van der Waals surface area contributed by atoms with Gasteiger partial charge in [0.15, 0.2) is 5.82 Å². The number of thiophene rings is 1. The van der Waals surface area contributed by atoms with E-state index in [1.54, 1.807) is 29.9 Å². The Labute approximate surface area is 194 Å². The van der Waals surface area contributed by atoms with E-state index in [1.165, 1.54) is 0 Å². The molecule has 4 aromatic rings. The van der Waals surface area contributed by atoms with Crippen molar-refractivity contribution < 1.29 is 5.11 Å². The molecule has 0 aromatic carbocycles. The maximum absolute atomic E-state index is 10.2. The Hall–Kier alpha value is -3.20. The minimum atomic E-state index is -0.0638. The first-order valence-corrected chi connectivity index (χ1v) is 9.82. The van der Waals surface area contributed by atoms with Gasteiger partial charge in [0.2, 0.25) is 11.8 Å². The summed E-state index contributed by atoms with van der Waals surface area (Å²) in [6, 6.07) is 13.8. The summed E-state index contributed by atoms with van der Waals surface area (Å²) in [5.74, 6) is 1.12. The number of halogens is 2. The quantitative estimate of drug-likeness (QED) is 0.363. The fourth-order valence-corrected chi connectivity index (χ4v) is 3.97. The Balaban J connectivity index is 0.00000136. The number of rotatable bonds is 5. The van der Waals surface area contributed by atoms with Gasteiger partial charge < -0.3 is 15.4 Å². The molecular weight excluding hydrogens is 455 g/mol. The maximum Gasteiger partial charge on any atom is 0.238 e. The number of aromatic amines is 1. The van der Waals surface area contributed by atoms with Crippen LogP contribution in [0.4, 0.5) is 11.8 Å². The minimum Gasteiger partial charge on any atom is -0.492 e. The zero-order chi connectivity index (χ0) is 19.6.